The van der Waals surface area contributed by atoms with Crippen LogP contribution in [0.15, 0.2) is 29.3 Å². The van der Waals surface area contributed by atoms with Crippen molar-refractivity contribution in [2.75, 3.05) is 33.7 Å². The first-order valence-corrected chi connectivity index (χ1v) is 9.59. The van der Waals surface area contributed by atoms with E-state index in [-0.39, 0.29) is 11.3 Å². The van der Waals surface area contributed by atoms with Gasteiger partial charge in [-0.3, -0.25) is 9.79 Å². The fourth-order valence-electron chi connectivity index (χ4n) is 3.45. The van der Waals surface area contributed by atoms with Crippen LogP contribution in [0.2, 0.25) is 0 Å². The van der Waals surface area contributed by atoms with Gasteiger partial charge in [0.25, 0.3) is 0 Å². The number of piperidine rings is 1. The van der Waals surface area contributed by atoms with Crippen LogP contribution in [0.3, 0.4) is 0 Å². The third kappa shape index (κ3) is 5.48. The highest BCUT2D eigenvalue weighted by Gasteiger charge is 2.25. The van der Waals surface area contributed by atoms with Crippen molar-refractivity contribution in [3.63, 3.8) is 0 Å². The summed E-state index contributed by atoms with van der Waals surface area (Å²) in [5.41, 5.74) is 2.64. The highest BCUT2D eigenvalue weighted by Crippen LogP contribution is 2.23. The lowest BCUT2D eigenvalue weighted by atomic mass is 9.84. The van der Waals surface area contributed by atoms with Gasteiger partial charge in [0.05, 0.1) is 0 Å². The Morgan fingerprint density at radius 1 is 1.23 bits per heavy atom. The molecule has 2 rings (SSSR count). The first kappa shape index (κ1) is 20.3. The molecule has 0 radical (unpaired) electrons. The maximum absolute atomic E-state index is 11.6. The molecule has 26 heavy (non-hydrogen) atoms. The summed E-state index contributed by atoms with van der Waals surface area (Å²) in [5, 5.41) is 6.28. The third-order valence-electron chi connectivity index (χ3n) is 5.40. The minimum atomic E-state index is 0.0289. The first-order chi connectivity index (χ1) is 12.4. The molecule has 1 aliphatic rings. The highest BCUT2D eigenvalue weighted by atomic mass is 16.1. The Morgan fingerprint density at radius 3 is 2.38 bits per heavy atom. The standard InChI is InChI=1S/C21H34N4O/c1-16-6-8-18(9-7-16)21(2,3)15-24-20(23-5)25-12-10-17(11-13-25)14-19(26)22-4/h6-9,17H,10-15H2,1-5H3,(H,22,26)(H,23,24). The summed E-state index contributed by atoms with van der Waals surface area (Å²) in [4.78, 5) is 18.3. The molecular weight excluding hydrogens is 324 g/mol. The van der Waals surface area contributed by atoms with Crippen molar-refractivity contribution in [3.8, 4) is 0 Å². The van der Waals surface area contributed by atoms with Crippen molar-refractivity contribution in [1.29, 1.82) is 0 Å². The number of carbonyl (C=O) groups excluding carboxylic acids is 1. The molecule has 144 valence electrons. The summed E-state index contributed by atoms with van der Waals surface area (Å²) < 4.78 is 0. The molecule has 1 amide bonds. The molecule has 0 atom stereocenters. The molecule has 5 nitrogen and oxygen atoms in total. The normalized spacial score (nSPS) is 16.5. The molecule has 1 aliphatic heterocycles. The Kier molecular flexibility index (Phi) is 7.06. The monoisotopic (exact) mass is 358 g/mol. The first-order valence-electron chi connectivity index (χ1n) is 9.59. The summed E-state index contributed by atoms with van der Waals surface area (Å²) in [5.74, 6) is 1.59. The van der Waals surface area contributed by atoms with E-state index in [1.165, 1.54) is 11.1 Å². The summed E-state index contributed by atoms with van der Waals surface area (Å²) in [7, 11) is 3.55. The fraction of sp³-hybridized carbons (Fsp3) is 0.619. The third-order valence-corrected chi connectivity index (χ3v) is 5.40. The van der Waals surface area contributed by atoms with E-state index in [0.717, 1.165) is 38.4 Å². The average Bonchev–Trinajstić information content (AvgIpc) is 2.63. The molecule has 0 saturated carbocycles. The number of likely N-dealkylation sites (tertiary alicyclic amines) is 1. The van der Waals surface area contributed by atoms with Gasteiger partial charge in [-0.25, -0.2) is 0 Å². The summed E-state index contributed by atoms with van der Waals surface area (Å²) in [6.07, 6.45) is 2.71. The van der Waals surface area contributed by atoms with Crippen LogP contribution in [-0.4, -0.2) is 50.5 Å². The molecule has 0 aromatic heterocycles. The van der Waals surface area contributed by atoms with E-state index in [0.29, 0.717) is 12.3 Å². The lowest BCUT2D eigenvalue weighted by molar-refractivity contribution is -0.121. The van der Waals surface area contributed by atoms with Crippen LogP contribution in [0.4, 0.5) is 0 Å². The number of amides is 1. The second kappa shape index (κ2) is 9.06. The number of hydrogen-bond donors (Lipinski definition) is 2. The molecule has 1 aromatic carbocycles. The van der Waals surface area contributed by atoms with E-state index >= 15 is 0 Å². The van der Waals surface area contributed by atoms with Gasteiger partial charge in [0.1, 0.15) is 0 Å². The van der Waals surface area contributed by atoms with Gasteiger partial charge < -0.3 is 15.5 Å². The predicted molar refractivity (Wildman–Crippen MR) is 109 cm³/mol. The van der Waals surface area contributed by atoms with Gasteiger partial charge in [-0.05, 0) is 31.2 Å². The van der Waals surface area contributed by atoms with E-state index in [9.17, 15) is 4.79 Å². The van der Waals surface area contributed by atoms with Gasteiger partial charge in [-0.15, -0.1) is 0 Å². The van der Waals surface area contributed by atoms with Crippen molar-refractivity contribution < 1.29 is 4.79 Å². The molecule has 2 N–H and O–H groups in total. The molecule has 0 spiro atoms. The molecular formula is C21H34N4O. The largest absolute Gasteiger partial charge is 0.359 e. The van der Waals surface area contributed by atoms with Crippen LogP contribution < -0.4 is 10.6 Å². The molecule has 1 aromatic rings. The topological polar surface area (TPSA) is 56.7 Å². The number of hydrogen-bond acceptors (Lipinski definition) is 2. The van der Waals surface area contributed by atoms with E-state index < -0.39 is 0 Å². The number of carbonyl (C=O) groups is 1. The average molecular weight is 359 g/mol. The molecule has 0 unspecified atom stereocenters. The second-order valence-corrected chi connectivity index (χ2v) is 7.96. The number of aryl methyl sites for hydroxylation is 1. The molecule has 0 bridgehead atoms. The Labute approximate surface area is 158 Å². The highest BCUT2D eigenvalue weighted by molar-refractivity contribution is 5.80. The van der Waals surface area contributed by atoms with Gasteiger partial charge in [0, 0.05) is 45.6 Å². The summed E-state index contributed by atoms with van der Waals surface area (Å²) in [6, 6.07) is 8.76. The molecule has 5 heteroatoms. The van der Waals surface area contributed by atoms with Crippen LogP contribution >= 0.6 is 0 Å². The van der Waals surface area contributed by atoms with Gasteiger partial charge in [-0.2, -0.15) is 0 Å². The minimum Gasteiger partial charge on any atom is -0.359 e. The Morgan fingerprint density at radius 2 is 1.85 bits per heavy atom. The Balaban J connectivity index is 1.88. The van der Waals surface area contributed by atoms with Crippen LogP contribution in [-0.2, 0) is 10.2 Å². The van der Waals surface area contributed by atoms with Gasteiger partial charge in [-0.1, -0.05) is 43.7 Å². The lowest BCUT2D eigenvalue weighted by Gasteiger charge is -2.35. The quantitative estimate of drug-likeness (QED) is 0.628. The number of nitrogens with zero attached hydrogens (tertiary/aromatic N) is 2. The zero-order valence-electron chi connectivity index (χ0n) is 16.9. The Bertz CT molecular complexity index is 613. The summed E-state index contributed by atoms with van der Waals surface area (Å²) >= 11 is 0. The number of benzene rings is 1. The van der Waals surface area contributed by atoms with Crippen molar-refractivity contribution in [1.82, 2.24) is 15.5 Å². The summed E-state index contributed by atoms with van der Waals surface area (Å²) in [6.45, 7) is 9.37. The number of guanidine groups is 1. The van der Waals surface area contributed by atoms with Crippen molar-refractivity contribution in [3.05, 3.63) is 35.4 Å². The second-order valence-electron chi connectivity index (χ2n) is 7.96. The number of rotatable bonds is 5. The SMILES string of the molecule is CN=C(NCC(C)(C)c1ccc(C)cc1)N1CCC(CC(=O)NC)CC1. The maximum Gasteiger partial charge on any atom is 0.220 e. The van der Waals surface area contributed by atoms with Crippen LogP contribution in [0.5, 0.6) is 0 Å². The predicted octanol–water partition coefficient (Wildman–Crippen LogP) is 2.70. The van der Waals surface area contributed by atoms with Gasteiger partial charge in [0.2, 0.25) is 5.91 Å². The van der Waals surface area contributed by atoms with E-state index in [2.05, 4.69) is 65.6 Å². The maximum atomic E-state index is 11.6. The van der Waals surface area contributed by atoms with E-state index in [1.54, 1.807) is 7.05 Å². The molecule has 1 heterocycles. The fourth-order valence-corrected chi connectivity index (χ4v) is 3.45. The van der Waals surface area contributed by atoms with Crippen LogP contribution in [0.1, 0.15) is 44.2 Å². The van der Waals surface area contributed by atoms with E-state index in [1.807, 2.05) is 7.05 Å². The Hall–Kier alpha value is -2.04. The number of aliphatic imine (C=N–C) groups is 1. The zero-order valence-corrected chi connectivity index (χ0v) is 16.9. The van der Waals surface area contributed by atoms with E-state index in [4.69, 9.17) is 0 Å². The lowest BCUT2D eigenvalue weighted by Crippen LogP contribution is -2.48. The van der Waals surface area contributed by atoms with Crippen LogP contribution in [0.25, 0.3) is 0 Å². The minimum absolute atomic E-state index is 0.0289. The van der Waals surface area contributed by atoms with Crippen molar-refractivity contribution in [2.45, 2.75) is 45.4 Å². The van der Waals surface area contributed by atoms with Crippen LogP contribution in [0, 0.1) is 12.8 Å². The molecule has 0 aliphatic carbocycles. The smallest absolute Gasteiger partial charge is 0.220 e. The number of nitrogens with one attached hydrogen (secondary N) is 2. The zero-order chi connectivity index (χ0) is 19.2. The molecule has 1 fully saturated rings. The van der Waals surface area contributed by atoms with Crippen molar-refractivity contribution in [2.24, 2.45) is 10.9 Å². The van der Waals surface area contributed by atoms with Gasteiger partial charge >= 0.3 is 0 Å². The molecule has 1 saturated heterocycles. The van der Waals surface area contributed by atoms with Crippen molar-refractivity contribution >= 4 is 11.9 Å². The van der Waals surface area contributed by atoms with Gasteiger partial charge in [0.15, 0.2) is 5.96 Å².